The Morgan fingerprint density at radius 2 is 2.13 bits per heavy atom. The molecule has 23 heavy (non-hydrogen) atoms. The third-order valence-electron chi connectivity index (χ3n) is 3.62. The molecule has 0 bridgehead atoms. The number of methoxy groups -OCH3 is 1. The SMILES string of the molecule is CCCCOCCCNC(=O)c1c(C)nc2c(OC)cccn12. The van der Waals surface area contributed by atoms with Crippen LogP contribution in [0.4, 0.5) is 0 Å². The number of carbonyl (C=O) groups excluding carboxylic acids is 1. The number of unbranched alkanes of at least 4 members (excludes halogenated alkanes) is 1. The number of imidazole rings is 1. The molecular formula is C17H25N3O3. The molecule has 2 rings (SSSR count). The molecule has 0 saturated heterocycles. The molecule has 0 unspecified atom stereocenters. The zero-order chi connectivity index (χ0) is 16.7. The van der Waals surface area contributed by atoms with E-state index in [-0.39, 0.29) is 5.91 Å². The van der Waals surface area contributed by atoms with Crippen LogP contribution in [0.5, 0.6) is 5.75 Å². The van der Waals surface area contributed by atoms with Gasteiger partial charge in [-0.05, 0) is 31.9 Å². The second kappa shape index (κ2) is 8.53. The molecule has 0 fully saturated rings. The number of nitrogens with one attached hydrogen (secondary N) is 1. The number of ether oxygens (including phenoxy) is 2. The molecule has 2 heterocycles. The predicted octanol–water partition coefficient (Wildman–Crippen LogP) is 2.59. The number of pyridine rings is 1. The molecule has 0 saturated carbocycles. The highest BCUT2D eigenvalue weighted by atomic mass is 16.5. The van der Waals surface area contributed by atoms with E-state index in [0.29, 0.717) is 35.9 Å². The van der Waals surface area contributed by atoms with Crippen LogP contribution in [0.1, 0.15) is 42.4 Å². The fraction of sp³-hybridized carbons (Fsp3) is 0.529. The Labute approximate surface area is 136 Å². The minimum atomic E-state index is -0.128. The number of nitrogens with zero attached hydrogens (tertiary/aromatic N) is 2. The van der Waals surface area contributed by atoms with Gasteiger partial charge in [-0.15, -0.1) is 0 Å². The Balaban J connectivity index is 1.95. The van der Waals surface area contributed by atoms with Gasteiger partial charge in [-0.1, -0.05) is 13.3 Å². The van der Waals surface area contributed by atoms with Gasteiger partial charge in [-0.3, -0.25) is 9.20 Å². The standard InChI is InChI=1S/C17H25N3O3/c1-4-5-11-23-12-7-9-18-17(21)15-13(2)19-16-14(22-3)8-6-10-20(15)16/h6,8,10H,4-5,7,9,11-12H2,1-3H3,(H,18,21). The molecule has 0 spiro atoms. The number of fused-ring (bicyclic) bond motifs is 1. The van der Waals surface area contributed by atoms with E-state index < -0.39 is 0 Å². The second-order valence-electron chi connectivity index (χ2n) is 5.39. The number of amides is 1. The lowest BCUT2D eigenvalue weighted by molar-refractivity contribution is 0.0934. The van der Waals surface area contributed by atoms with E-state index in [1.807, 2.05) is 25.3 Å². The highest BCUT2D eigenvalue weighted by molar-refractivity contribution is 5.94. The number of aromatic nitrogens is 2. The van der Waals surface area contributed by atoms with Gasteiger partial charge in [0.15, 0.2) is 11.4 Å². The van der Waals surface area contributed by atoms with Crippen LogP contribution in [0.25, 0.3) is 5.65 Å². The molecule has 126 valence electrons. The number of hydrogen-bond acceptors (Lipinski definition) is 4. The minimum absolute atomic E-state index is 0.128. The van der Waals surface area contributed by atoms with E-state index in [2.05, 4.69) is 17.2 Å². The Hall–Kier alpha value is -2.08. The highest BCUT2D eigenvalue weighted by Crippen LogP contribution is 2.21. The third kappa shape index (κ3) is 4.22. The van der Waals surface area contributed by atoms with Crippen LogP contribution in [-0.2, 0) is 4.74 Å². The number of rotatable bonds is 9. The lowest BCUT2D eigenvalue weighted by Crippen LogP contribution is -2.27. The van der Waals surface area contributed by atoms with Crippen molar-refractivity contribution in [2.24, 2.45) is 0 Å². The molecule has 0 aliphatic carbocycles. The summed E-state index contributed by atoms with van der Waals surface area (Å²) in [6, 6.07) is 3.67. The van der Waals surface area contributed by atoms with E-state index in [1.165, 1.54) is 0 Å². The first-order valence-electron chi connectivity index (χ1n) is 8.06. The van der Waals surface area contributed by atoms with Gasteiger partial charge in [-0.25, -0.2) is 4.98 Å². The quantitative estimate of drug-likeness (QED) is 0.722. The van der Waals surface area contributed by atoms with E-state index in [9.17, 15) is 4.79 Å². The average Bonchev–Trinajstić information content (AvgIpc) is 2.89. The van der Waals surface area contributed by atoms with E-state index >= 15 is 0 Å². The van der Waals surface area contributed by atoms with Gasteiger partial charge in [0.1, 0.15) is 5.69 Å². The van der Waals surface area contributed by atoms with Crippen molar-refractivity contribution in [3.05, 3.63) is 29.7 Å². The molecule has 2 aromatic rings. The van der Waals surface area contributed by atoms with Crippen molar-refractivity contribution in [1.82, 2.24) is 14.7 Å². The summed E-state index contributed by atoms with van der Waals surface area (Å²) >= 11 is 0. The fourth-order valence-electron chi connectivity index (χ4n) is 2.40. The van der Waals surface area contributed by atoms with Crippen LogP contribution >= 0.6 is 0 Å². The molecule has 2 aromatic heterocycles. The first-order valence-corrected chi connectivity index (χ1v) is 8.06. The molecule has 6 heteroatoms. The van der Waals surface area contributed by atoms with Crippen LogP contribution in [0.15, 0.2) is 18.3 Å². The van der Waals surface area contributed by atoms with Crippen molar-refractivity contribution in [3.63, 3.8) is 0 Å². The largest absolute Gasteiger partial charge is 0.493 e. The predicted molar refractivity (Wildman–Crippen MR) is 89.2 cm³/mol. The molecule has 0 aliphatic rings. The van der Waals surface area contributed by atoms with Gasteiger partial charge >= 0.3 is 0 Å². The summed E-state index contributed by atoms with van der Waals surface area (Å²) < 4.78 is 12.5. The summed E-state index contributed by atoms with van der Waals surface area (Å²) in [5, 5.41) is 2.93. The lowest BCUT2D eigenvalue weighted by Gasteiger charge is -2.07. The first kappa shape index (κ1) is 17.3. The molecular weight excluding hydrogens is 294 g/mol. The van der Waals surface area contributed by atoms with Crippen molar-refractivity contribution in [2.75, 3.05) is 26.9 Å². The van der Waals surface area contributed by atoms with Gasteiger partial charge in [0.05, 0.1) is 12.8 Å². The topological polar surface area (TPSA) is 64.9 Å². The van der Waals surface area contributed by atoms with Crippen LogP contribution in [0, 0.1) is 6.92 Å². The molecule has 0 atom stereocenters. The minimum Gasteiger partial charge on any atom is -0.493 e. The number of carbonyl (C=O) groups is 1. The molecule has 0 aromatic carbocycles. The van der Waals surface area contributed by atoms with Crippen molar-refractivity contribution < 1.29 is 14.3 Å². The summed E-state index contributed by atoms with van der Waals surface area (Å²) in [4.78, 5) is 16.9. The van der Waals surface area contributed by atoms with Crippen molar-refractivity contribution in [3.8, 4) is 5.75 Å². The van der Waals surface area contributed by atoms with E-state index in [1.54, 1.807) is 11.5 Å². The summed E-state index contributed by atoms with van der Waals surface area (Å²) in [5.74, 6) is 0.524. The smallest absolute Gasteiger partial charge is 0.270 e. The van der Waals surface area contributed by atoms with Crippen LogP contribution in [-0.4, -0.2) is 42.2 Å². The first-order chi connectivity index (χ1) is 11.2. The number of aryl methyl sites for hydroxylation is 1. The van der Waals surface area contributed by atoms with Crippen LogP contribution in [0.3, 0.4) is 0 Å². The maximum absolute atomic E-state index is 12.4. The average molecular weight is 319 g/mol. The van der Waals surface area contributed by atoms with Gasteiger partial charge in [-0.2, -0.15) is 0 Å². The third-order valence-corrected chi connectivity index (χ3v) is 3.62. The van der Waals surface area contributed by atoms with Crippen LogP contribution in [0.2, 0.25) is 0 Å². The van der Waals surface area contributed by atoms with Crippen molar-refractivity contribution >= 4 is 11.6 Å². The Morgan fingerprint density at radius 3 is 2.87 bits per heavy atom. The van der Waals surface area contributed by atoms with Gasteiger partial charge < -0.3 is 14.8 Å². The maximum Gasteiger partial charge on any atom is 0.270 e. The molecule has 1 amide bonds. The lowest BCUT2D eigenvalue weighted by atomic mass is 10.3. The van der Waals surface area contributed by atoms with Crippen LogP contribution < -0.4 is 10.1 Å². The number of hydrogen-bond donors (Lipinski definition) is 1. The Bertz CT molecular complexity index is 652. The van der Waals surface area contributed by atoms with Crippen molar-refractivity contribution in [2.45, 2.75) is 33.1 Å². The monoisotopic (exact) mass is 319 g/mol. The fourth-order valence-corrected chi connectivity index (χ4v) is 2.40. The highest BCUT2D eigenvalue weighted by Gasteiger charge is 2.17. The van der Waals surface area contributed by atoms with E-state index in [4.69, 9.17) is 9.47 Å². The molecule has 1 N–H and O–H groups in total. The Kier molecular flexibility index (Phi) is 6.40. The van der Waals surface area contributed by atoms with Gasteiger partial charge in [0.25, 0.3) is 5.91 Å². The normalized spacial score (nSPS) is 10.9. The Morgan fingerprint density at radius 1 is 1.35 bits per heavy atom. The summed E-state index contributed by atoms with van der Waals surface area (Å²) in [7, 11) is 1.59. The maximum atomic E-state index is 12.4. The summed E-state index contributed by atoms with van der Waals surface area (Å²) in [6.07, 6.45) is 4.83. The molecule has 0 radical (unpaired) electrons. The molecule has 0 aliphatic heterocycles. The second-order valence-corrected chi connectivity index (χ2v) is 5.39. The van der Waals surface area contributed by atoms with Gasteiger partial charge in [0.2, 0.25) is 0 Å². The zero-order valence-corrected chi connectivity index (χ0v) is 14.1. The summed E-state index contributed by atoms with van der Waals surface area (Å²) in [6.45, 7) is 6.00. The zero-order valence-electron chi connectivity index (χ0n) is 14.1. The molecule has 6 nitrogen and oxygen atoms in total. The summed E-state index contributed by atoms with van der Waals surface area (Å²) in [5.41, 5.74) is 1.89. The van der Waals surface area contributed by atoms with E-state index in [0.717, 1.165) is 25.9 Å². The van der Waals surface area contributed by atoms with Crippen molar-refractivity contribution in [1.29, 1.82) is 0 Å². The van der Waals surface area contributed by atoms with Gasteiger partial charge in [0, 0.05) is 26.0 Å².